The van der Waals surface area contributed by atoms with Crippen LogP contribution in [-0.4, -0.2) is 17.1 Å². The first-order valence-corrected chi connectivity index (χ1v) is 8.66. The lowest BCUT2D eigenvalue weighted by molar-refractivity contribution is 0.415. The molecule has 4 rings (SSSR count). The van der Waals surface area contributed by atoms with E-state index in [1.54, 1.807) is 18.4 Å². The summed E-state index contributed by atoms with van der Waals surface area (Å²) in [5, 5.41) is 0.800. The van der Waals surface area contributed by atoms with Crippen LogP contribution in [0.2, 0.25) is 0 Å². The quantitative estimate of drug-likeness (QED) is 0.779. The Morgan fingerprint density at radius 1 is 1.30 bits per heavy atom. The molecule has 0 bridgehead atoms. The number of aromatic amines is 1. The number of methoxy groups -OCH3 is 1. The van der Waals surface area contributed by atoms with Gasteiger partial charge in [0.25, 0.3) is 5.56 Å². The molecule has 0 saturated carbocycles. The van der Waals surface area contributed by atoms with Crippen LogP contribution in [0.5, 0.6) is 5.75 Å². The van der Waals surface area contributed by atoms with Gasteiger partial charge in [-0.05, 0) is 55.0 Å². The molecule has 1 aromatic carbocycles. The van der Waals surface area contributed by atoms with Crippen molar-refractivity contribution in [2.45, 2.75) is 26.2 Å². The Morgan fingerprint density at radius 2 is 2.09 bits per heavy atom. The maximum Gasteiger partial charge on any atom is 0.260 e. The molecule has 5 heteroatoms. The molecular weight excluding hydrogens is 308 g/mol. The molecule has 1 aliphatic carbocycles. The van der Waals surface area contributed by atoms with E-state index in [4.69, 9.17) is 9.72 Å². The Bertz CT molecular complexity index is 925. The van der Waals surface area contributed by atoms with Crippen molar-refractivity contribution in [2.75, 3.05) is 7.11 Å². The zero-order valence-electron chi connectivity index (χ0n) is 13.2. The molecule has 0 fully saturated rings. The van der Waals surface area contributed by atoms with Gasteiger partial charge in [0.1, 0.15) is 16.4 Å². The first-order chi connectivity index (χ1) is 11.2. The molecule has 0 unspecified atom stereocenters. The summed E-state index contributed by atoms with van der Waals surface area (Å²) in [6.07, 6.45) is 3.25. The van der Waals surface area contributed by atoms with Crippen LogP contribution in [0.4, 0.5) is 0 Å². The van der Waals surface area contributed by atoms with Crippen molar-refractivity contribution in [3.63, 3.8) is 0 Å². The average molecular weight is 326 g/mol. The van der Waals surface area contributed by atoms with Gasteiger partial charge in [-0.1, -0.05) is 6.92 Å². The number of hydrogen-bond donors (Lipinski definition) is 1. The maximum atomic E-state index is 12.6. The van der Waals surface area contributed by atoms with E-state index in [1.807, 2.05) is 24.3 Å². The number of aromatic nitrogens is 2. The fourth-order valence-corrected chi connectivity index (χ4v) is 4.46. The highest BCUT2D eigenvalue weighted by molar-refractivity contribution is 7.18. The number of aryl methyl sites for hydroxylation is 1. The summed E-state index contributed by atoms with van der Waals surface area (Å²) in [7, 11) is 1.64. The molecular formula is C18H18N2O2S. The highest BCUT2D eigenvalue weighted by atomic mass is 32.1. The highest BCUT2D eigenvalue weighted by Crippen LogP contribution is 2.36. The van der Waals surface area contributed by atoms with Crippen LogP contribution in [0.25, 0.3) is 21.6 Å². The van der Waals surface area contributed by atoms with E-state index < -0.39 is 0 Å². The fraction of sp³-hybridized carbons (Fsp3) is 0.333. The summed E-state index contributed by atoms with van der Waals surface area (Å²) in [5.74, 6) is 2.05. The predicted molar refractivity (Wildman–Crippen MR) is 93.4 cm³/mol. The van der Waals surface area contributed by atoms with Gasteiger partial charge in [-0.2, -0.15) is 0 Å². The molecule has 0 radical (unpaired) electrons. The summed E-state index contributed by atoms with van der Waals surface area (Å²) < 4.78 is 5.17. The van der Waals surface area contributed by atoms with Crippen molar-refractivity contribution in [2.24, 2.45) is 5.92 Å². The largest absolute Gasteiger partial charge is 0.497 e. The first-order valence-electron chi connectivity index (χ1n) is 7.84. The van der Waals surface area contributed by atoms with Crippen molar-refractivity contribution in [1.29, 1.82) is 0 Å². The lowest BCUT2D eigenvalue weighted by Crippen LogP contribution is -2.14. The topological polar surface area (TPSA) is 55.0 Å². The van der Waals surface area contributed by atoms with E-state index in [0.29, 0.717) is 11.7 Å². The summed E-state index contributed by atoms with van der Waals surface area (Å²) in [6, 6.07) is 7.58. The third kappa shape index (κ3) is 2.45. The van der Waals surface area contributed by atoms with E-state index in [9.17, 15) is 4.79 Å². The normalized spacial score (nSPS) is 17.2. The molecule has 1 aliphatic rings. The monoisotopic (exact) mass is 326 g/mol. The van der Waals surface area contributed by atoms with Gasteiger partial charge >= 0.3 is 0 Å². The Hall–Kier alpha value is -2.14. The minimum Gasteiger partial charge on any atom is -0.497 e. The second-order valence-electron chi connectivity index (χ2n) is 6.17. The van der Waals surface area contributed by atoms with Crippen LogP contribution in [0.3, 0.4) is 0 Å². The number of thiophene rings is 1. The molecule has 2 aromatic heterocycles. The van der Waals surface area contributed by atoms with Crippen molar-refractivity contribution in [1.82, 2.24) is 9.97 Å². The number of benzene rings is 1. The van der Waals surface area contributed by atoms with Gasteiger partial charge in [0.05, 0.1) is 12.5 Å². The molecule has 118 valence electrons. The average Bonchev–Trinajstić information content (AvgIpc) is 2.93. The summed E-state index contributed by atoms with van der Waals surface area (Å²) >= 11 is 1.68. The lowest BCUT2D eigenvalue weighted by Gasteiger charge is -2.17. The molecule has 23 heavy (non-hydrogen) atoms. The van der Waals surface area contributed by atoms with E-state index in [0.717, 1.165) is 34.4 Å². The van der Waals surface area contributed by atoms with Crippen LogP contribution in [0.15, 0.2) is 29.1 Å². The fourth-order valence-electron chi connectivity index (χ4n) is 3.24. The van der Waals surface area contributed by atoms with Gasteiger partial charge in [0.15, 0.2) is 0 Å². The van der Waals surface area contributed by atoms with Gasteiger partial charge in [0, 0.05) is 10.4 Å². The van der Waals surface area contributed by atoms with Gasteiger partial charge in [-0.25, -0.2) is 4.98 Å². The van der Waals surface area contributed by atoms with Crippen LogP contribution in [0, 0.1) is 5.92 Å². The number of nitrogens with zero attached hydrogens (tertiary/aromatic N) is 1. The molecule has 0 saturated heterocycles. The van der Waals surface area contributed by atoms with E-state index in [1.165, 1.54) is 16.9 Å². The van der Waals surface area contributed by atoms with Crippen LogP contribution >= 0.6 is 11.3 Å². The third-order valence-electron chi connectivity index (χ3n) is 4.52. The van der Waals surface area contributed by atoms with Gasteiger partial charge < -0.3 is 9.72 Å². The first kappa shape index (κ1) is 14.5. The van der Waals surface area contributed by atoms with Crippen LogP contribution in [-0.2, 0) is 12.8 Å². The van der Waals surface area contributed by atoms with Crippen molar-refractivity contribution < 1.29 is 4.74 Å². The number of H-pyrrole nitrogens is 1. The molecule has 4 nitrogen and oxygen atoms in total. The predicted octanol–water partition coefficient (Wildman–Crippen LogP) is 3.79. The molecule has 3 aromatic rings. The Labute approximate surface area is 138 Å². The lowest BCUT2D eigenvalue weighted by atomic mass is 9.89. The Balaban J connectivity index is 1.85. The number of hydrogen-bond acceptors (Lipinski definition) is 4. The zero-order chi connectivity index (χ0) is 16.0. The molecule has 1 N–H and O–H groups in total. The minimum absolute atomic E-state index is 0.0209. The third-order valence-corrected chi connectivity index (χ3v) is 5.71. The van der Waals surface area contributed by atoms with Crippen molar-refractivity contribution >= 4 is 21.6 Å². The van der Waals surface area contributed by atoms with Crippen LogP contribution < -0.4 is 10.3 Å². The second-order valence-corrected chi connectivity index (χ2v) is 7.26. The minimum atomic E-state index is -0.0209. The smallest absolute Gasteiger partial charge is 0.260 e. The number of fused-ring (bicyclic) bond motifs is 3. The maximum absolute atomic E-state index is 12.6. The molecule has 2 heterocycles. The molecule has 0 amide bonds. The van der Waals surface area contributed by atoms with Crippen molar-refractivity contribution in [3.05, 3.63) is 45.1 Å². The number of rotatable bonds is 2. The molecule has 1 atom stereocenters. The number of ether oxygens (including phenoxy) is 1. The summed E-state index contributed by atoms with van der Waals surface area (Å²) in [4.78, 5) is 22.5. The van der Waals surface area contributed by atoms with Gasteiger partial charge in [-0.15, -0.1) is 11.3 Å². The summed E-state index contributed by atoms with van der Waals surface area (Å²) in [6.45, 7) is 2.25. The Morgan fingerprint density at radius 3 is 2.83 bits per heavy atom. The van der Waals surface area contributed by atoms with Crippen molar-refractivity contribution in [3.8, 4) is 17.1 Å². The van der Waals surface area contributed by atoms with E-state index in [-0.39, 0.29) is 5.56 Å². The van der Waals surface area contributed by atoms with Gasteiger partial charge in [0.2, 0.25) is 0 Å². The van der Waals surface area contributed by atoms with E-state index >= 15 is 0 Å². The van der Waals surface area contributed by atoms with Crippen LogP contribution in [0.1, 0.15) is 23.8 Å². The zero-order valence-corrected chi connectivity index (χ0v) is 14.0. The summed E-state index contributed by atoms with van der Waals surface area (Å²) in [5.41, 5.74) is 2.09. The van der Waals surface area contributed by atoms with Gasteiger partial charge in [-0.3, -0.25) is 4.79 Å². The highest BCUT2D eigenvalue weighted by Gasteiger charge is 2.23. The second kappa shape index (κ2) is 5.49. The standard InChI is InChI=1S/C18H18N2O2S/c1-10-3-8-14-13(9-10)15-17(21)19-16(20-18(15)23-14)11-4-6-12(22-2)7-5-11/h4-7,10H,3,8-9H2,1-2H3,(H,19,20,21)/t10-/m0/s1. The Kier molecular flexibility index (Phi) is 3.45. The molecule has 0 spiro atoms. The molecule has 0 aliphatic heterocycles. The SMILES string of the molecule is COc1ccc(-c2nc3sc4c(c3c(=O)[nH]2)C[C@@H](C)CC4)cc1. The van der Waals surface area contributed by atoms with E-state index in [2.05, 4.69) is 11.9 Å². The number of nitrogens with one attached hydrogen (secondary N) is 1.